The number of aromatic nitrogens is 2. The first-order valence-electron chi connectivity index (χ1n) is 10.8. The van der Waals surface area contributed by atoms with E-state index in [1.165, 1.54) is 6.42 Å². The molecule has 1 heterocycles. The minimum Gasteiger partial charge on any atom is -0.461 e. The van der Waals surface area contributed by atoms with Crippen LogP contribution in [0.1, 0.15) is 40.0 Å². The van der Waals surface area contributed by atoms with Crippen molar-refractivity contribution in [3.63, 3.8) is 0 Å². The van der Waals surface area contributed by atoms with Crippen LogP contribution < -0.4 is 0 Å². The molecule has 0 spiro atoms. The highest BCUT2D eigenvalue weighted by atomic mass is 79.9. The van der Waals surface area contributed by atoms with E-state index in [1.807, 2.05) is 53.1 Å². The number of imidazole rings is 1. The van der Waals surface area contributed by atoms with Crippen LogP contribution in [-0.4, -0.2) is 21.6 Å². The number of hydrogen-bond donors (Lipinski definition) is 0. The summed E-state index contributed by atoms with van der Waals surface area (Å²) in [6, 6.07) is 16.0. The van der Waals surface area contributed by atoms with Gasteiger partial charge < -0.3 is 9.30 Å². The van der Waals surface area contributed by atoms with Crippen molar-refractivity contribution in [1.82, 2.24) is 9.55 Å². The van der Waals surface area contributed by atoms with Gasteiger partial charge in [0.05, 0.1) is 11.0 Å². The molecule has 1 saturated carbocycles. The van der Waals surface area contributed by atoms with Gasteiger partial charge in [0.1, 0.15) is 18.5 Å². The zero-order chi connectivity index (χ0) is 21.3. The fourth-order valence-electron chi connectivity index (χ4n) is 4.67. The Morgan fingerprint density at radius 3 is 2.77 bits per heavy atom. The summed E-state index contributed by atoms with van der Waals surface area (Å²) in [6.07, 6.45) is 3.31. The lowest BCUT2D eigenvalue weighted by Crippen LogP contribution is -2.36. The van der Waals surface area contributed by atoms with Gasteiger partial charge in [-0.05, 0) is 54.9 Å². The average molecular weight is 469 g/mol. The Kier molecular flexibility index (Phi) is 6.28. The number of carbonyl (C=O) groups excluding carboxylic acids is 1. The fraction of sp³-hybridized carbons (Fsp3) is 0.440. The lowest BCUT2D eigenvalue weighted by atomic mass is 9.75. The number of hydrogen-bond acceptors (Lipinski definition) is 3. The summed E-state index contributed by atoms with van der Waals surface area (Å²) in [5, 5.41) is 0. The number of fused-ring (bicyclic) bond motifs is 1. The van der Waals surface area contributed by atoms with E-state index in [0.29, 0.717) is 17.8 Å². The molecule has 0 radical (unpaired) electrons. The molecule has 0 amide bonds. The summed E-state index contributed by atoms with van der Waals surface area (Å²) in [6.45, 7) is 6.89. The molecule has 3 aromatic rings. The molecular weight excluding hydrogens is 440 g/mol. The van der Waals surface area contributed by atoms with Gasteiger partial charge in [-0.15, -0.1) is 0 Å². The van der Waals surface area contributed by atoms with Gasteiger partial charge in [0.2, 0.25) is 0 Å². The van der Waals surface area contributed by atoms with Crippen molar-refractivity contribution < 1.29 is 9.53 Å². The van der Waals surface area contributed by atoms with Crippen molar-refractivity contribution in [3.8, 4) is 11.4 Å². The van der Waals surface area contributed by atoms with E-state index < -0.39 is 0 Å². The molecule has 2 aromatic carbocycles. The second kappa shape index (κ2) is 8.93. The summed E-state index contributed by atoms with van der Waals surface area (Å²) >= 11 is 3.54. The summed E-state index contributed by atoms with van der Waals surface area (Å²) in [7, 11) is 0. The monoisotopic (exact) mass is 468 g/mol. The molecule has 1 aliphatic rings. The van der Waals surface area contributed by atoms with Crippen LogP contribution in [0, 0.1) is 17.8 Å². The summed E-state index contributed by atoms with van der Waals surface area (Å²) in [5.74, 6) is 2.16. The van der Waals surface area contributed by atoms with E-state index in [-0.39, 0.29) is 18.6 Å². The molecular formula is C25H29BrN2O2. The molecule has 1 aliphatic carbocycles. The molecule has 0 aliphatic heterocycles. The molecule has 3 unspecified atom stereocenters. The molecule has 1 aromatic heterocycles. The Bertz CT molecular complexity index is 1040. The third kappa shape index (κ3) is 4.46. The largest absolute Gasteiger partial charge is 0.461 e. The fourth-order valence-corrected chi connectivity index (χ4v) is 5.07. The molecule has 158 valence electrons. The lowest BCUT2D eigenvalue weighted by molar-refractivity contribution is -0.156. The van der Waals surface area contributed by atoms with Crippen LogP contribution in [0.15, 0.2) is 53.0 Å². The van der Waals surface area contributed by atoms with E-state index in [0.717, 1.165) is 39.7 Å². The van der Waals surface area contributed by atoms with Gasteiger partial charge in [0.25, 0.3) is 0 Å². The number of esters is 1. The van der Waals surface area contributed by atoms with Gasteiger partial charge in [-0.2, -0.15) is 0 Å². The molecule has 0 saturated heterocycles. The topological polar surface area (TPSA) is 44.1 Å². The molecule has 30 heavy (non-hydrogen) atoms. The maximum absolute atomic E-state index is 13.1. The van der Waals surface area contributed by atoms with E-state index in [9.17, 15) is 4.79 Å². The first-order valence-corrected chi connectivity index (χ1v) is 11.6. The van der Waals surface area contributed by atoms with Gasteiger partial charge in [-0.1, -0.05) is 67.4 Å². The van der Waals surface area contributed by atoms with E-state index in [4.69, 9.17) is 9.72 Å². The number of nitrogens with zero attached hydrogens (tertiary/aromatic N) is 2. The number of para-hydroxylation sites is 2. The summed E-state index contributed by atoms with van der Waals surface area (Å²) in [5.41, 5.74) is 2.80. The third-order valence-corrected chi connectivity index (χ3v) is 6.76. The number of benzene rings is 2. The predicted octanol–water partition coefficient (Wildman–Crippen LogP) is 6.47. The maximum atomic E-state index is 13.1. The SMILES string of the molecule is CC1CCC(C(C)C)C(OC(=O)Cn2c(-c3cccc(Br)c3)nc3ccccc32)C1. The average Bonchev–Trinajstić information content (AvgIpc) is 3.06. The Balaban J connectivity index is 1.63. The van der Waals surface area contributed by atoms with Gasteiger partial charge in [-0.25, -0.2) is 4.98 Å². The van der Waals surface area contributed by atoms with Crippen molar-refractivity contribution in [1.29, 1.82) is 0 Å². The highest BCUT2D eigenvalue weighted by Gasteiger charge is 2.33. The normalized spacial score (nSPS) is 21.8. The van der Waals surface area contributed by atoms with Crippen molar-refractivity contribution >= 4 is 32.9 Å². The van der Waals surface area contributed by atoms with Crippen LogP contribution in [0.2, 0.25) is 0 Å². The number of carbonyl (C=O) groups is 1. The molecule has 0 N–H and O–H groups in total. The van der Waals surface area contributed by atoms with E-state index in [1.54, 1.807) is 0 Å². The molecule has 0 bridgehead atoms. The van der Waals surface area contributed by atoms with Crippen molar-refractivity contribution in [2.45, 2.75) is 52.7 Å². The molecule has 4 nitrogen and oxygen atoms in total. The van der Waals surface area contributed by atoms with Crippen LogP contribution in [0.4, 0.5) is 0 Å². The van der Waals surface area contributed by atoms with E-state index in [2.05, 4.69) is 36.7 Å². The summed E-state index contributed by atoms with van der Waals surface area (Å²) < 4.78 is 9.04. The molecule has 5 heteroatoms. The van der Waals surface area contributed by atoms with Crippen LogP contribution in [0.3, 0.4) is 0 Å². The van der Waals surface area contributed by atoms with Crippen LogP contribution in [0.25, 0.3) is 22.4 Å². The predicted molar refractivity (Wildman–Crippen MR) is 124 cm³/mol. The Hall–Kier alpha value is -2.14. The third-order valence-electron chi connectivity index (χ3n) is 6.27. The van der Waals surface area contributed by atoms with E-state index >= 15 is 0 Å². The number of halogens is 1. The lowest BCUT2D eigenvalue weighted by Gasteiger charge is -2.36. The molecule has 3 atom stereocenters. The Morgan fingerprint density at radius 2 is 2.00 bits per heavy atom. The quantitative estimate of drug-likeness (QED) is 0.403. The zero-order valence-electron chi connectivity index (χ0n) is 17.8. The van der Waals surface area contributed by atoms with Gasteiger partial charge in [-0.3, -0.25) is 4.79 Å². The van der Waals surface area contributed by atoms with Gasteiger partial charge >= 0.3 is 5.97 Å². The van der Waals surface area contributed by atoms with Crippen LogP contribution in [-0.2, 0) is 16.1 Å². The van der Waals surface area contributed by atoms with Crippen molar-refractivity contribution in [2.24, 2.45) is 17.8 Å². The zero-order valence-corrected chi connectivity index (χ0v) is 19.4. The first-order chi connectivity index (χ1) is 14.4. The second-order valence-corrected chi connectivity index (χ2v) is 9.79. The maximum Gasteiger partial charge on any atom is 0.326 e. The minimum absolute atomic E-state index is 0.00496. The number of rotatable bonds is 5. The van der Waals surface area contributed by atoms with Crippen LogP contribution in [0.5, 0.6) is 0 Å². The van der Waals surface area contributed by atoms with Crippen LogP contribution >= 0.6 is 15.9 Å². The second-order valence-electron chi connectivity index (χ2n) is 8.88. The molecule has 4 rings (SSSR count). The Labute approximate surface area is 186 Å². The highest BCUT2D eigenvalue weighted by molar-refractivity contribution is 9.10. The first kappa shape index (κ1) is 21.1. The standard InChI is InChI=1S/C25H29BrN2O2/c1-16(2)20-12-11-17(3)13-23(20)30-24(29)15-28-22-10-5-4-9-21(22)27-25(28)18-7-6-8-19(26)14-18/h4-10,14,16-17,20,23H,11-13,15H2,1-3H3. The smallest absolute Gasteiger partial charge is 0.326 e. The van der Waals surface area contributed by atoms with Gasteiger partial charge in [0.15, 0.2) is 0 Å². The molecule has 1 fully saturated rings. The number of ether oxygens (including phenoxy) is 1. The summed E-state index contributed by atoms with van der Waals surface area (Å²) in [4.78, 5) is 17.9. The van der Waals surface area contributed by atoms with Crippen molar-refractivity contribution in [3.05, 3.63) is 53.0 Å². The minimum atomic E-state index is -0.181. The highest BCUT2D eigenvalue weighted by Crippen LogP contribution is 2.35. The van der Waals surface area contributed by atoms with Crippen molar-refractivity contribution in [2.75, 3.05) is 0 Å². The Morgan fingerprint density at radius 1 is 1.20 bits per heavy atom. The van der Waals surface area contributed by atoms with Gasteiger partial charge in [0, 0.05) is 10.0 Å².